The van der Waals surface area contributed by atoms with E-state index in [1.165, 1.54) is 6.92 Å². The molecular formula is C27H28N4O3. The van der Waals surface area contributed by atoms with Crippen LogP contribution in [0.4, 0.5) is 0 Å². The largest absolute Gasteiger partial charge is 0.360 e. The predicted molar refractivity (Wildman–Crippen MR) is 133 cm³/mol. The van der Waals surface area contributed by atoms with E-state index in [4.69, 9.17) is 0 Å². The number of nitrogens with zero attached hydrogens (tertiary/aromatic N) is 1. The van der Waals surface area contributed by atoms with Crippen LogP contribution in [0.1, 0.15) is 59.6 Å². The lowest BCUT2D eigenvalue weighted by Gasteiger charge is -2.20. The molecular weight excluding hydrogens is 428 g/mol. The van der Waals surface area contributed by atoms with Gasteiger partial charge in [0.2, 0.25) is 5.91 Å². The molecule has 0 aliphatic rings. The molecule has 0 aliphatic heterocycles. The molecule has 34 heavy (non-hydrogen) atoms. The number of Topliss-reactive ketones (excluding diaryl/α,β-unsaturated/α-hetero) is 1. The minimum atomic E-state index is -0.438. The highest BCUT2D eigenvalue weighted by molar-refractivity contribution is 6.02. The summed E-state index contributed by atoms with van der Waals surface area (Å²) in [7, 11) is 0. The number of hydrogen-bond donors (Lipinski definition) is 3. The molecule has 0 unspecified atom stereocenters. The van der Waals surface area contributed by atoms with Crippen molar-refractivity contribution in [1.29, 1.82) is 0 Å². The van der Waals surface area contributed by atoms with Crippen LogP contribution in [0, 0.1) is 6.92 Å². The molecule has 0 saturated carbocycles. The molecule has 0 saturated heterocycles. The summed E-state index contributed by atoms with van der Waals surface area (Å²) in [6.45, 7) is 7.55. The van der Waals surface area contributed by atoms with Crippen LogP contribution in [0.2, 0.25) is 0 Å². The van der Waals surface area contributed by atoms with Gasteiger partial charge < -0.3 is 15.3 Å². The Morgan fingerprint density at radius 1 is 1.15 bits per heavy atom. The normalized spacial score (nSPS) is 11.2. The monoisotopic (exact) mass is 456 g/mol. The maximum Gasteiger partial charge on any atom is 0.259 e. The molecule has 1 amide bonds. The number of carbonyl (C=O) groups excluding carboxylic acids is 2. The summed E-state index contributed by atoms with van der Waals surface area (Å²) in [6.07, 6.45) is 3.61. The Morgan fingerprint density at radius 2 is 1.91 bits per heavy atom. The number of aromatic amines is 2. The SMILES string of the molecule is CC(=O)c1c(-c2ccccc2C(C)C)c(CC(=O)NCc2cc3cc[nH]c3cn2)c(C)[nH]c1=O. The molecule has 0 bridgehead atoms. The van der Waals surface area contributed by atoms with Crippen molar-refractivity contribution in [1.82, 2.24) is 20.3 Å². The molecule has 0 aliphatic carbocycles. The quantitative estimate of drug-likeness (QED) is 0.358. The minimum Gasteiger partial charge on any atom is -0.360 e. The maximum absolute atomic E-state index is 13.0. The number of amides is 1. The summed E-state index contributed by atoms with van der Waals surface area (Å²) < 4.78 is 0. The second kappa shape index (κ2) is 9.47. The molecule has 3 heterocycles. The first-order valence-corrected chi connectivity index (χ1v) is 11.3. The average Bonchev–Trinajstić information content (AvgIpc) is 3.26. The maximum atomic E-state index is 13.0. The molecule has 174 valence electrons. The molecule has 4 aromatic rings. The fraction of sp³-hybridized carbons (Fsp3) is 0.259. The van der Waals surface area contributed by atoms with Crippen molar-refractivity contribution in [2.45, 2.75) is 46.6 Å². The first-order chi connectivity index (χ1) is 16.3. The van der Waals surface area contributed by atoms with Crippen LogP contribution in [0.3, 0.4) is 0 Å². The van der Waals surface area contributed by atoms with E-state index in [9.17, 15) is 14.4 Å². The third-order valence-electron chi connectivity index (χ3n) is 6.04. The first kappa shape index (κ1) is 23.2. The number of ketones is 1. The van der Waals surface area contributed by atoms with Gasteiger partial charge in [0.05, 0.1) is 35.9 Å². The second-order valence-corrected chi connectivity index (χ2v) is 8.80. The second-order valence-electron chi connectivity index (χ2n) is 8.80. The number of H-pyrrole nitrogens is 2. The van der Waals surface area contributed by atoms with Gasteiger partial charge in [0.1, 0.15) is 0 Å². The van der Waals surface area contributed by atoms with Gasteiger partial charge in [-0.25, -0.2) is 0 Å². The van der Waals surface area contributed by atoms with E-state index in [0.717, 1.165) is 27.7 Å². The van der Waals surface area contributed by atoms with E-state index in [0.29, 0.717) is 16.8 Å². The molecule has 3 N–H and O–H groups in total. The van der Waals surface area contributed by atoms with Crippen molar-refractivity contribution in [3.05, 3.63) is 87.2 Å². The van der Waals surface area contributed by atoms with Gasteiger partial charge >= 0.3 is 0 Å². The molecule has 1 aromatic carbocycles. The minimum absolute atomic E-state index is 0.0249. The first-order valence-electron chi connectivity index (χ1n) is 11.3. The van der Waals surface area contributed by atoms with Gasteiger partial charge in [0.25, 0.3) is 5.56 Å². The molecule has 0 atom stereocenters. The van der Waals surface area contributed by atoms with Crippen molar-refractivity contribution in [3.63, 3.8) is 0 Å². The molecule has 3 aromatic heterocycles. The Bertz CT molecular complexity index is 1450. The van der Waals surface area contributed by atoms with Gasteiger partial charge in [-0.15, -0.1) is 0 Å². The summed E-state index contributed by atoms with van der Waals surface area (Å²) in [5.41, 5.74) is 4.90. The number of pyridine rings is 2. The Labute approximate surface area is 197 Å². The van der Waals surface area contributed by atoms with E-state index in [1.807, 2.05) is 42.6 Å². The number of rotatable bonds is 7. The molecule has 0 spiro atoms. The number of carbonyl (C=O) groups is 2. The zero-order chi connectivity index (χ0) is 24.4. The lowest BCUT2D eigenvalue weighted by Crippen LogP contribution is -2.28. The van der Waals surface area contributed by atoms with Gasteiger partial charge in [0, 0.05) is 22.8 Å². The van der Waals surface area contributed by atoms with Crippen LogP contribution in [0.15, 0.2) is 53.6 Å². The average molecular weight is 457 g/mol. The van der Waals surface area contributed by atoms with Gasteiger partial charge in [-0.2, -0.15) is 0 Å². The zero-order valence-corrected chi connectivity index (χ0v) is 19.8. The summed E-state index contributed by atoms with van der Waals surface area (Å²) >= 11 is 0. The summed E-state index contributed by atoms with van der Waals surface area (Å²) in [4.78, 5) is 48.6. The topological polar surface area (TPSA) is 108 Å². The Morgan fingerprint density at radius 3 is 2.65 bits per heavy atom. The standard InChI is InChI=1S/C27H28N4O3/c1-15(2)20-7-5-6-8-21(20)26-22(16(3)31-27(34)25(26)17(4)32)12-24(33)30-13-19-11-18-9-10-28-23(18)14-29-19/h5-11,14-15,28H,12-13H2,1-4H3,(H,30,33)(H,31,34). The van der Waals surface area contributed by atoms with Crippen molar-refractivity contribution in [3.8, 4) is 11.1 Å². The molecule has 7 heteroatoms. The van der Waals surface area contributed by atoms with Crippen LogP contribution in [-0.2, 0) is 17.8 Å². The molecule has 4 rings (SSSR count). The lowest BCUT2D eigenvalue weighted by atomic mass is 9.85. The predicted octanol–water partition coefficient (Wildman–Crippen LogP) is 4.41. The van der Waals surface area contributed by atoms with Crippen molar-refractivity contribution in [2.24, 2.45) is 0 Å². The fourth-order valence-electron chi connectivity index (χ4n) is 4.35. The Kier molecular flexibility index (Phi) is 6.45. The number of aromatic nitrogens is 3. The van der Waals surface area contributed by atoms with Crippen LogP contribution < -0.4 is 10.9 Å². The van der Waals surface area contributed by atoms with Crippen LogP contribution in [-0.4, -0.2) is 26.6 Å². The van der Waals surface area contributed by atoms with Gasteiger partial charge in [-0.1, -0.05) is 38.1 Å². The smallest absolute Gasteiger partial charge is 0.259 e. The van der Waals surface area contributed by atoms with Crippen LogP contribution in [0.25, 0.3) is 22.0 Å². The Hall–Kier alpha value is -4.00. The van der Waals surface area contributed by atoms with E-state index >= 15 is 0 Å². The summed E-state index contributed by atoms with van der Waals surface area (Å²) in [5, 5.41) is 3.94. The van der Waals surface area contributed by atoms with Crippen molar-refractivity contribution < 1.29 is 9.59 Å². The highest BCUT2D eigenvalue weighted by atomic mass is 16.2. The fourth-order valence-corrected chi connectivity index (χ4v) is 4.35. The van der Waals surface area contributed by atoms with E-state index < -0.39 is 5.56 Å². The number of aryl methyl sites for hydroxylation is 1. The summed E-state index contributed by atoms with van der Waals surface area (Å²) in [6, 6.07) is 11.6. The zero-order valence-electron chi connectivity index (χ0n) is 19.8. The number of nitrogens with one attached hydrogen (secondary N) is 3. The van der Waals surface area contributed by atoms with Gasteiger partial charge in [0.15, 0.2) is 5.78 Å². The van der Waals surface area contributed by atoms with Gasteiger partial charge in [-0.05, 0) is 48.6 Å². The van der Waals surface area contributed by atoms with Crippen molar-refractivity contribution in [2.75, 3.05) is 0 Å². The molecule has 0 radical (unpaired) electrons. The molecule has 7 nitrogen and oxygen atoms in total. The number of hydrogen-bond acceptors (Lipinski definition) is 4. The van der Waals surface area contributed by atoms with E-state index in [2.05, 4.69) is 34.1 Å². The third-order valence-corrected chi connectivity index (χ3v) is 6.04. The van der Waals surface area contributed by atoms with E-state index in [-0.39, 0.29) is 36.1 Å². The lowest BCUT2D eigenvalue weighted by molar-refractivity contribution is -0.120. The van der Waals surface area contributed by atoms with Gasteiger partial charge in [-0.3, -0.25) is 19.4 Å². The third kappa shape index (κ3) is 4.55. The van der Waals surface area contributed by atoms with Crippen LogP contribution in [0.5, 0.6) is 0 Å². The highest BCUT2D eigenvalue weighted by Crippen LogP contribution is 2.34. The molecule has 0 fully saturated rings. The summed E-state index contributed by atoms with van der Waals surface area (Å²) in [5.74, 6) is -0.379. The number of fused-ring (bicyclic) bond motifs is 1. The van der Waals surface area contributed by atoms with E-state index in [1.54, 1.807) is 13.1 Å². The van der Waals surface area contributed by atoms with Crippen LogP contribution >= 0.6 is 0 Å². The van der Waals surface area contributed by atoms with Crippen molar-refractivity contribution >= 4 is 22.6 Å². The Balaban J connectivity index is 1.71. The number of benzene rings is 1. The highest BCUT2D eigenvalue weighted by Gasteiger charge is 2.24.